The molecule has 0 amide bonds. The predicted octanol–water partition coefficient (Wildman–Crippen LogP) is 3.23. The van der Waals surface area contributed by atoms with Gasteiger partial charge in [-0.25, -0.2) is 0 Å². The maximum absolute atomic E-state index is 12.0. The summed E-state index contributed by atoms with van der Waals surface area (Å²) < 4.78 is 4.99. The van der Waals surface area contributed by atoms with E-state index in [4.69, 9.17) is 4.74 Å². The molecular weight excluding hydrogens is 226 g/mol. The first-order valence-electron chi connectivity index (χ1n) is 7.43. The molecule has 18 heavy (non-hydrogen) atoms. The Kier molecular flexibility index (Phi) is 6.69. The van der Waals surface area contributed by atoms with Crippen LogP contribution in [0.3, 0.4) is 0 Å². The van der Waals surface area contributed by atoms with Crippen molar-refractivity contribution in [1.29, 1.82) is 0 Å². The van der Waals surface area contributed by atoms with E-state index in [9.17, 15) is 4.79 Å². The van der Waals surface area contributed by atoms with E-state index >= 15 is 0 Å². The van der Waals surface area contributed by atoms with Crippen molar-refractivity contribution < 1.29 is 9.53 Å². The highest BCUT2D eigenvalue weighted by molar-refractivity contribution is 5.75. The topological polar surface area (TPSA) is 29.5 Å². The summed E-state index contributed by atoms with van der Waals surface area (Å²) in [7, 11) is 1.51. The van der Waals surface area contributed by atoms with E-state index in [0.29, 0.717) is 12.0 Å². The molecular formula is C15H29NO2. The zero-order chi connectivity index (χ0) is 13.5. The lowest BCUT2D eigenvalue weighted by molar-refractivity contribution is -0.147. The standard InChI is InChI=1S/C15H29NO2/c1-5-6-7-14(15(17)18-4)16(13-8-9-13)11-10-12(2)3/h12-14H,5-11H2,1-4H3. The van der Waals surface area contributed by atoms with Gasteiger partial charge in [0.05, 0.1) is 7.11 Å². The van der Waals surface area contributed by atoms with Crippen LogP contribution in [-0.4, -0.2) is 36.6 Å². The third kappa shape index (κ3) is 4.97. The molecule has 0 aromatic carbocycles. The van der Waals surface area contributed by atoms with Crippen LogP contribution in [0.15, 0.2) is 0 Å². The highest BCUT2D eigenvalue weighted by Crippen LogP contribution is 2.31. The highest BCUT2D eigenvalue weighted by atomic mass is 16.5. The van der Waals surface area contributed by atoms with Gasteiger partial charge >= 0.3 is 5.97 Å². The number of unbranched alkanes of at least 4 members (excludes halogenated alkanes) is 1. The molecule has 0 radical (unpaired) electrons. The van der Waals surface area contributed by atoms with Crippen molar-refractivity contribution in [2.24, 2.45) is 5.92 Å². The lowest BCUT2D eigenvalue weighted by Crippen LogP contribution is -2.44. The number of nitrogens with zero attached hydrogens (tertiary/aromatic N) is 1. The fraction of sp³-hybridized carbons (Fsp3) is 0.933. The molecule has 1 atom stereocenters. The molecule has 1 saturated carbocycles. The summed E-state index contributed by atoms with van der Waals surface area (Å²) in [5.74, 6) is 0.648. The fourth-order valence-corrected chi connectivity index (χ4v) is 2.36. The van der Waals surface area contributed by atoms with Gasteiger partial charge in [0, 0.05) is 6.04 Å². The van der Waals surface area contributed by atoms with E-state index in [1.165, 1.54) is 20.0 Å². The number of esters is 1. The Bertz CT molecular complexity index is 249. The second-order valence-corrected chi connectivity index (χ2v) is 5.83. The first-order chi connectivity index (χ1) is 8.60. The summed E-state index contributed by atoms with van der Waals surface area (Å²) in [4.78, 5) is 14.4. The van der Waals surface area contributed by atoms with Gasteiger partial charge in [-0.2, -0.15) is 0 Å². The van der Waals surface area contributed by atoms with Crippen LogP contribution < -0.4 is 0 Å². The predicted molar refractivity (Wildman–Crippen MR) is 74.5 cm³/mol. The molecule has 1 aliphatic rings. The summed E-state index contributed by atoms with van der Waals surface area (Å²) in [6, 6.07) is 0.617. The Labute approximate surface area is 112 Å². The van der Waals surface area contributed by atoms with Crippen LogP contribution in [0, 0.1) is 5.92 Å². The van der Waals surface area contributed by atoms with E-state index in [0.717, 1.165) is 32.2 Å². The fourth-order valence-electron chi connectivity index (χ4n) is 2.36. The third-order valence-corrected chi connectivity index (χ3v) is 3.69. The number of methoxy groups -OCH3 is 1. The van der Waals surface area contributed by atoms with Gasteiger partial charge in [-0.05, 0) is 38.1 Å². The summed E-state index contributed by atoms with van der Waals surface area (Å²) in [6.07, 6.45) is 6.84. The largest absolute Gasteiger partial charge is 0.468 e. The van der Waals surface area contributed by atoms with Gasteiger partial charge in [0.1, 0.15) is 6.04 Å². The van der Waals surface area contributed by atoms with Gasteiger partial charge in [0.25, 0.3) is 0 Å². The molecule has 3 heteroatoms. The number of rotatable bonds is 9. The molecule has 0 bridgehead atoms. The van der Waals surface area contributed by atoms with Crippen LogP contribution in [0.1, 0.15) is 59.3 Å². The Hall–Kier alpha value is -0.570. The zero-order valence-electron chi connectivity index (χ0n) is 12.4. The average Bonchev–Trinajstić information content (AvgIpc) is 3.16. The maximum atomic E-state index is 12.0. The van der Waals surface area contributed by atoms with Crippen molar-refractivity contribution in [3.63, 3.8) is 0 Å². The molecule has 0 heterocycles. The van der Waals surface area contributed by atoms with Gasteiger partial charge in [0.2, 0.25) is 0 Å². The third-order valence-electron chi connectivity index (χ3n) is 3.69. The average molecular weight is 255 g/mol. The van der Waals surface area contributed by atoms with Crippen molar-refractivity contribution in [3.8, 4) is 0 Å². The SMILES string of the molecule is CCCCC(C(=O)OC)N(CCC(C)C)C1CC1. The first kappa shape index (κ1) is 15.5. The molecule has 0 aromatic rings. The molecule has 1 aliphatic carbocycles. The molecule has 106 valence electrons. The summed E-state index contributed by atoms with van der Waals surface area (Å²) >= 11 is 0. The van der Waals surface area contributed by atoms with E-state index in [-0.39, 0.29) is 12.0 Å². The van der Waals surface area contributed by atoms with Crippen LogP contribution in [0.25, 0.3) is 0 Å². The minimum Gasteiger partial charge on any atom is -0.468 e. The number of hydrogen-bond donors (Lipinski definition) is 0. The van der Waals surface area contributed by atoms with Crippen molar-refractivity contribution in [2.75, 3.05) is 13.7 Å². The van der Waals surface area contributed by atoms with Crippen LogP contribution in [0.5, 0.6) is 0 Å². The highest BCUT2D eigenvalue weighted by Gasteiger charge is 2.37. The Morgan fingerprint density at radius 2 is 2.00 bits per heavy atom. The number of carbonyl (C=O) groups excluding carboxylic acids is 1. The van der Waals surface area contributed by atoms with Crippen LogP contribution >= 0.6 is 0 Å². The van der Waals surface area contributed by atoms with Gasteiger partial charge in [0.15, 0.2) is 0 Å². The van der Waals surface area contributed by atoms with Crippen LogP contribution in [0.2, 0.25) is 0 Å². The van der Waals surface area contributed by atoms with Gasteiger partial charge < -0.3 is 4.74 Å². The first-order valence-corrected chi connectivity index (χ1v) is 7.43. The molecule has 3 nitrogen and oxygen atoms in total. The normalized spacial score (nSPS) is 17.2. The van der Waals surface area contributed by atoms with Crippen molar-refractivity contribution in [3.05, 3.63) is 0 Å². The molecule has 1 unspecified atom stereocenters. The second kappa shape index (κ2) is 7.78. The van der Waals surface area contributed by atoms with Gasteiger partial charge in [-0.15, -0.1) is 0 Å². The Morgan fingerprint density at radius 3 is 2.44 bits per heavy atom. The van der Waals surface area contributed by atoms with Crippen molar-refractivity contribution in [1.82, 2.24) is 4.90 Å². The van der Waals surface area contributed by atoms with Crippen molar-refractivity contribution in [2.45, 2.75) is 71.4 Å². The maximum Gasteiger partial charge on any atom is 0.323 e. The Morgan fingerprint density at radius 1 is 1.33 bits per heavy atom. The molecule has 0 N–H and O–H groups in total. The van der Waals surface area contributed by atoms with Crippen LogP contribution in [-0.2, 0) is 9.53 Å². The lowest BCUT2D eigenvalue weighted by Gasteiger charge is -2.30. The minimum atomic E-state index is -0.0425. The van der Waals surface area contributed by atoms with E-state index in [2.05, 4.69) is 25.7 Å². The molecule has 1 rings (SSSR count). The quantitative estimate of drug-likeness (QED) is 0.592. The zero-order valence-corrected chi connectivity index (χ0v) is 12.4. The smallest absolute Gasteiger partial charge is 0.323 e. The van der Waals surface area contributed by atoms with Crippen molar-refractivity contribution >= 4 is 5.97 Å². The second-order valence-electron chi connectivity index (χ2n) is 5.83. The van der Waals surface area contributed by atoms with Gasteiger partial charge in [-0.1, -0.05) is 33.6 Å². The van der Waals surface area contributed by atoms with E-state index in [1.807, 2.05) is 0 Å². The number of carbonyl (C=O) groups is 1. The summed E-state index contributed by atoms with van der Waals surface area (Å²) in [6.45, 7) is 7.68. The molecule has 0 saturated heterocycles. The number of hydrogen-bond acceptors (Lipinski definition) is 3. The minimum absolute atomic E-state index is 0.0128. The number of ether oxygens (including phenoxy) is 1. The summed E-state index contributed by atoms with van der Waals surface area (Å²) in [5, 5.41) is 0. The van der Waals surface area contributed by atoms with Gasteiger partial charge in [-0.3, -0.25) is 9.69 Å². The monoisotopic (exact) mass is 255 g/mol. The molecule has 1 fully saturated rings. The van der Waals surface area contributed by atoms with E-state index in [1.54, 1.807) is 0 Å². The molecule has 0 aliphatic heterocycles. The lowest BCUT2D eigenvalue weighted by atomic mass is 10.1. The molecule has 0 aromatic heterocycles. The summed E-state index contributed by atoms with van der Waals surface area (Å²) in [5.41, 5.74) is 0. The van der Waals surface area contributed by atoms with Crippen LogP contribution in [0.4, 0.5) is 0 Å². The van der Waals surface area contributed by atoms with E-state index < -0.39 is 0 Å². The Balaban J connectivity index is 2.60. The molecule has 0 spiro atoms.